The standard InChI is InChI=1S/C19H22O5/c1-20-14-5-6-15-13(7-14)10-24-11-16(15)12-8-17(21-2)19(23-4)18(9-12)22-3/h5-9,16H,10-11H2,1-4H3. The first-order chi connectivity index (χ1) is 11.7. The Morgan fingerprint density at radius 3 is 2.17 bits per heavy atom. The molecule has 0 aromatic heterocycles. The molecule has 2 aromatic rings. The highest BCUT2D eigenvalue weighted by atomic mass is 16.5. The smallest absolute Gasteiger partial charge is 0.203 e. The second kappa shape index (κ2) is 7.01. The molecule has 24 heavy (non-hydrogen) atoms. The van der Waals surface area contributed by atoms with Crippen LogP contribution in [0.2, 0.25) is 0 Å². The van der Waals surface area contributed by atoms with Gasteiger partial charge in [0.2, 0.25) is 5.75 Å². The van der Waals surface area contributed by atoms with Crippen molar-refractivity contribution in [1.82, 2.24) is 0 Å². The van der Waals surface area contributed by atoms with Gasteiger partial charge in [-0.05, 0) is 41.0 Å². The average Bonchev–Trinajstić information content (AvgIpc) is 2.65. The van der Waals surface area contributed by atoms with E-state index in [1.54, 1.807) is 28.4 Å². The summed E-state index contributed by atoms with van der Waals surface area (Å²) in [6.45, 7) is 1.20. The van der Waals surface area contributed by atoms with E-state index < -0.39 is 0 Å². The van der Waals surface area contributed by atoms with Crippen molar-refractivity contribution in [3.63, 3.8) is 0 Å². The first kappa shape index (κ1) is 16.5. The molecule has 0 N–H and O–H groups in total. The zero-order chi connectivity index (χ0) is 17.1. The zero-order valence-electron chi connectivity index (χ0n) is 14.4. The molecule has 1 aliphatic heterocycles. The van der Waals surface area contributed by atoms with Crippen LogP contribution in [0.3, 0.4) is 0 Å². The first-order valence-corrected chi connectivity index (χ1v) is 7.76. The van der Waals surface area contributed by atoms with Crippen LogP contribution in [0, 0.1) is 0 Å². The van der Waals surface area contributed by atoms with Gasteiger partial charge in [-0.15, -0.1) is 0 Å². The fourth-order valence-corrected chi connectivity index (χ4v) is 3.13. The number of fused-ring (bicyclic) bond motifs is 1. The van der Waals surface area contributed by atoms with E-state index in [1.165, 1.54) is 5.56 Å². The van der Waals surface area contributed by atoms with Gasteiger partial charge in [0.15, 0.2) is 11.5 Å². The number of rotatable bonds is 5. The summed E-state index contributed by atoms with van der Waals surface area (Å²) in [4.78, 5) is 0. The van der Waals surface area contributed by atoms with Gasteiger partial charge in [0, 0.05) is 5.92 Å². The Labute approximate surface area is 142 Å². The lowest BCUT2D eigenvalue weighted by atomic mass is 9.87. The van der Waals surface area contributed by atoms with Gasteiger partial charge in [-0.2, -0.15) is 0 Å². The maximum Gasteiger partial charge on any atom is 0.203 e. The van der Waals surface area contributed by atoms with Crippen LogP contribution >= 0.6 is 0 Å². The molecule has 128 valence electrons. The number of ether oxygens (including phenoxy) is 5. The molecular weight excluding hydrogens is 308 g/mol. The van der Waals surface area contributed by atoms with Crippen LogP contribution in [-0.4, -0.2) is 35.0 Å². The van der Waals surface area contributed by atoms with Gasteiger partial charge < -0.3 is 23.7 Å². The van der Waals surface area contributed by atoms with E-state index in [-0.39, 0.29) is 5.92 Å². The summed E-state index contributed by atoms with van der Waals surface area (Å²) in [5.74, 6) is 2.83. The van der Waals surface area contributed by atoms with E-state index in [4.69, 9.17) is 23.7 Å². The second-order valence-corrected chi connectivity index (χ2v) is 5.59. The van der Waals surface area contributed by atoms with E-state index in [0.717, 1.165) is 16.9 Å². The summed E-state index contributed by atoms with van der Waals surface area (Å²) in [5, 5.41) is 0. The van der Waals surface area contributed by atoms with E-state index in [9.17, 15) is 0 Å². The van der Waals surface area contributed by atoms with Crippen molar-refractivity contribution in [1.29, 1.82) is 0 Å². The van der Waals surface area contributed by atoms with E-state index in [0.29, 0.717) is 30.5 Å². The normalized spacial score (nSPS) is 16.2. The molecule has 1 atom stereocenters. The molecule has 0 bridgehead atoms. The molecule has 0 spiro atoms. The quantitative estimate of drug-likeness (QED) is 0.841. The molecule has 1 heterocycles. The Hall–Kier alpha value is -2.40. The third kappa shape index (κ3) is 2.87. The fourth-order valence-electron chi connectivity index (χ4n) is 3.13. The number of hydrogen-bond donors (Lipinski definition) is 0. The molecule has 0 saturated carbocycles. The summed E-state index contributed by atoms with van der Waals surface area (Å²) in [5.41, 5.74) is 3.44. The molecule has 5 heteroatoms. The van der Waals surface area contributed by atoms with Gasteiger partial charge in [0.25, 0.3) is 0 Å². The Balaban J connectivity index is 2.07. The van der Waals surface area contributed by atoms with Crippen molar-refractivity contribution >= 4 is 0 Å². The molecule has 0 amide bonds. The minimum absolute atomic E-state index is 0.105. The van der Waals surface area contributed by atoms with Gasteiger partial charge in [0.1, 0.15) is 5.75 Å². The molecule has 5 nitrogen and oxygen atoms in total. The Kier molecular flexibility index (Phi) is 4.81. The average molecular weight is 330 g/mol. The molecule has 0 saturated heterocycles. The Morgan fingerprint density at radius 1 is 0.875 bits per heavy atom. The predicted molar refractivity (Wildman–Crippen MR) is 90.6 cm³/mol. The highest BCUT2D eigenvalue weighted by Crippen LogP contribution is 2.43. The molecule has 1 unspecified atom stereocenters. The molecule has 0 radical (unpaired) electrons. The van der Waals surface area contributed by atoms with Crippen molar-refractivity contribution in [2.45, 2.75) is 12.5 Å². The maximum absolute atomic E-state index is 5.80. The van der Waals surface area contributed by atoms with Crippen LogP contribution in [0.25, 0.3) is 0 Å². The van der Waals surface area contributed by atoms with Gasteiger partial charge in [-0.3, -0.25) is 0 Å². The number of benzene rings is 2. The summed E-state index contributed by atoms with van der Waals surface area (Å²) in [6.07, 6.45) is 0. The molecule has 2 aromatic carbocycles. The van der Waals surface area contributed by atoms with E-state index >= 15 is 0 Å². The summed E-state index contributed by atoms with van der Waals surface area (Å²) in [7, 11) is 6.52. The summed E-state index contributed by atoms with van der Waals surface area (Å²) < 4.78 is 27.5. The van der Waals surface area contributed by atoms with E-state index in [2.05, 4.69) is 6.07 Å². The molecular formula is C19H22O5. The lowest BCUT2D eigenvalue weighted by molar-refractivity contribution is 0.0990. The highest BCUT2D eigenvalue weighted by Gasteiger charge is 2.25. The summed E-state index contributed by atoms with van der Waals surface area (Å²) >= 11 is 0. The first-order valence-electron chi connectivity index (χ1n) is 7.76. The minimum Gasteiger partial charge on any atom is -0.497 e. The monoisotopic (exact) mass is 330 g/mol. The lowest BCUT2D eigenvalue weighted by Gasteiger charge is -2.27. The van der Waals surface area contributed by atoms with Crippen molar-refractivity contribution < 1.29 is 23.7 Å². The van der Waals surface area contributed by atoms with Crippen LogP contribution in [0.4, 0.5) is 0 Å². The van der Waals surface area contributed by atoms with Crippen LogP contribution in [0.15, 0.2) is 30.3 Å². The Bertz CT molecular complexity index is 701. The molecule has 1 aliphatic rings. The summed E-state index contributed by atoms with van der Waals surface area (Å²) in [6, 6.07) is 10.1. The number of hydrogen-bond acceptors (Lipinski definition) is 5. The lowest BCUT2D eigenvalue weighted by Crippen LogP contribution is -2.18. The topological polar surface area (TPSA) is 46.2 Å². The molecule has 0 aliphatic carbocycles. The van der Waals surface area contributed by atoms with E-state index in [1.807, 2.05) is 24.3 Å². The van der Waals surface area contributed by atoms with Gasteiger partial charge >= 0.3 is 0 Å². The SMILES string of the molecule is COc1ccc2c(c1)COCC2c1cc(OC)c(OC)c(OC)c1. The van der Waals surface area contributed by atoms with Crippen LogP contribution < -0.4 is 18.9 Å². The fraction of sp³-hybridized carbons (Fsp3) is 0.368. The van der Waals surface area contributed by atoms with Crippen molar-refractivity contribution in [2.75, 3.05) is 35.0 Å². The van der Waals surface area contributed by atoms with Crippen LogP contribution in [-0.2, 0) is 11.3 Å². The minimum atomic E-state index is 0.105. The van der Waals surface area contributed by atoms with Gasteiger partial charge in [0.05, 0.1) is 41.7 Å². The largest absolute Gasteiger partial charge is 0.497 e. The number of methoxy groups -OCH3 is 4. The highest BCUT2D eigenvalue weighted by molar-refractivity contribution is 5.56. The molecule has 0 fully saturated rings. The van der Waals surface area contributed by atoms with Gasteiger partial charge in [-0.1, -0.05) is 6.07 Å². The van der Waals surface area contributed by atoms with Crippen molar-refractivity contribution in [3.8, 4) is 23.0 Å². The van der Waals surface area contributed by atoms with Crippen LogP contribution in [0.1, 0.15) is 22.6 Å². The van der Waals surface area contributed by atoms with Crippen molar-refractivity contribution in [2.24, 2.45) is 0 Å². The van der Waals surface area contributed by atoms with Gasteiger partial charge in [-0.25, -0.2) is 0 Å². The third-order valence-electron chi connectivity index (χ3n) is 4.36. The predicted octanol–water partition coefficient (Wildman–Crippen LogP) is 3.38. The van der Waals surface area contributed by atoms with Crippen molar-refractivity contribution in [3.05, 3.63) is 47.0 Å². The second-order valence-electron chi connectivity index (χ2n) is 5.59. The molecule has 3 rings (SSSR count). The Morgan fingerprint density at radius 2 is 1.58 bits per heavy atom. The maximum atomic E-state index is 5.80. The third-order valence-corrected chi connectivity index (χ3v) is 4.36. The van der Waals surface area contributed by atoms with Crippen LogP contribution in [0.5, 0.6) is 23.0 Å². The zero-order valence-corrected chi connectivity index (χ0v) is 14.4.